The number of hydrogen-bond donors (Lipinski definition) is 0. The fraction of sp³-hybridized carbons (Fsp3) is 0.176. The van der Waals surface area contributed by atoms with Crippen molar-refractivity contribution in [3.8, 4) is 0 Å². The third-order valence-electron chi connectivity index (χ3n) is 3.15. The molecule has 18 heavy (non-hydrogen) atoms. The van der Waals surface area contributed by atoms with Crippen LogP contribution in [0.2, 0.25) is 0 Å². The van der Waals surface area contributed by atoms with Crippen molar-refractivity contribution in [1.82, 2.24) is 0 Å². The Labute approximate surface area is 109 Å². The molecule has 0 N–H and O–H groups in total. The van der Waals surface area contributed by atoms with Gasteiger partial charge in [0.05, 0.1) is 0 Å². The van der Waals surface area contributed by atoms with Gasteiger partial charge in [-0.15, -0.1) is 0 Å². The molecule has 0 spiro atoms. The molecule has 0 saturated carbocycles. The third kappa shape index (κ3) is 3.01. The van der Waals surface area contributed by atoms with Crippen LogP contribution in [0.4, 0.5) is 5.69 Å². The molecule has 0 aromatic heterocycles. The lowest BCUT2D eigenvalue weighted by Gasteiger charge is -2.19. The van der Waals surface area contributed by atoms with Crippen LogP contribution in [-0.4, -0.2) is 7.05 Å². The van der Waals surface area contributed by atoms with Gasteiger partial charge in [-0.2, -0.15) is 0 Å². The second-order valence-electron chi connectivity index (χ2n) is 4.62. The molecular formula is C17H19N. The molecule has 0 fully saturated rings. The molecule has 0 aliphatic heterocycles. The van der Waals surface area contributed by atoms with Gasteiger partial charge in [-0.25, -0.2) is 0 Å². The van der Waals surface area contributed by atoms with Gasteiger partial charge >= 0.3 is 0 Å². The van der Waals surface area contributed by atoms with E-state index in [0.29, 0.717) is 0 Å². The van der Waals surface area contributed by atoms with Gasteiger partial charge in [0.1, 0.15) is 0 Å². The number of hydrogen-bond acceptors (Lipinski definition) is 1. The number of allylic oxidation sites excluding steroid dienone is 1. The smallest absolute Gasteiger partial charge is 0.0405 e. The zero-order valence-corrected chi connectivity index (χ0v) is 11.1. The second kappa shape index (κ2) is 5.54. The Balaban J connectivity index is 2.11. The summed E-state index contributed by atoms with van der Waals surface area (Å²) in [7, 11) is 2.04. The van der Waals surface area contributed by atoms with Crippen molar-refractivity contribution in [2.45, 2.75) is 13.3 Å². The van der Waals surface area contributed by atoms with Crippen LogP contribution in [-0.2, 0) is 6.42 Å². The van der Waals surface area contributed by atoms with Crippen molar-refractivity contribution in [1.29, 1.82) is 0 Å². The summed E-state index contributed by atoms with van der Waals surface area (Å²) >= 11 is 0. The highest BCUT2D eigenvalue weighted by molar-refractivity contribution is 5.51. The van der Waals surface area contributed by atoms with Crippen LogP contribution in [0, 0.1) is 0 Å². The normalized spacial score (nSPS) is 10.1. The highest BCUT2D eigenvalue weighted by atomic mass is 15.1. The summed E-state index contributed by atoms with van der Waals surface area (Å²) in [4.78, 5) is 2.09. The SMILES string of the molecule is C=C(C)N(C)c1ccc(Cc2ccccc2)cc1. The predicted octanol–water partition coefficient (Wildman–Crippen LogP) is 4.25. The van der Waals surface area contributed by atoms with Gasteiger partial charge in [0.15, 0.2) is 0 Å². The van der Waals surface area contributed by atoms with E-state index in [2.05, 4.69) is 66.1 Å². The molecule has 0 aliphatic carbocycles. The molecule has 0 saturated heterocycles. The van der Waals surface area contributed by atoms with E-state index in [4.69, 9.17) is 0 Å². The maximum absolute atomic E-state index is 3.95. The van der Waals surface area contributed by atoms with Gasteiger partial charge in [0, 0.05) is 18.4 Å². The molecule has 92 valence electrons. The lowest BCUT2D eigenvalue weighted by Crippen LogP contribution is -2.12. The van der Waals surface area contributed by atoms with Gasteiger partial charge in [0.2, 0.25) is 0 Å². The molecule has 2 aromatic rings. The summed E-state index contributed by atoms with van der Waals surface area (Å²) < 4.78 is 0. The average molecular weight is 237 g/mol. The van der Waals surface area contributed by atoms with Crippen LogP contribution in [0.1, 0.15) is 18.1 Å². The van der Waals surface area contributed by atoms with Gasteiger partial charge in [-0.3, -0.25) is 0 Å². The summed E-state index contributed by atoms with van der Waals surface area (Å²) in [5.41, 5.74) is 4.91. The maximum Gasteiger partial charge on any atom is 0.0405 e. The third-order valence-corrected chi connectivity index (χ3v) is 3.15. The Hall–Kier alpha value is -2.02. The molecule has 1 nitrogen and oxygen atoms in total. The summed E-state index contributed by atoms with van der Waals surface area (Å²) in [5.74, 6) is 0. The summed E-state index contributed by atoms with van der Waals surface area (Å²) in [6.07, 6.45) is 0.984. The van der Waals surface area contributed by atoms with Crippen LogP contribution in [0.5, 0.6) is 0 Å². The summed E-state index contributed by atoms with van der Waals surface area (Å²) in [6, 6.07) is 19.2. The standard InChI is InChI=1S/C17H19N/c1-14(2)18(3)17-11-9-16(10-12-17)13-15-7-5-4-6-8-15/h4-12H,1,13H2,2-3H3. The number of benzene rings is 2. The number of rotatable bonds is 4. The van der Waals surface area contributed by atoms with Crippen molar-refractivity contribution in [3.63, 3.8) is 0 Å². The number of nitrogens with zero attached hydrogens (tertiary/aromatic N) is 1. The largest absolute Gasteiger partial charge is 0.349 e. The summed E-state index contributed by atoms with van der Waals surface area (Å²) in [5, 5.41) is 0. The minimum Gasteiger partial charge on any atom is -0.349 e. The van der Waals surface area contributed by atoms with E-state index < -0.39 is 0 Å². The molecule has 0 aliphatic rings. The van der Waals surface area contributed by atoms with E-state index in [1.807, 2.05) is 14.0 Å². The van der Waals surface area contributed by atoms with Gasteiger partial charge in [-0.1, -0.05) is 49.0 Å². The first-order valence-electron chi connectivity index (χ1n) is 6.19. The molecule has 1 heteroatoms. The van der Waals surface area contributed by atoms with Crippen molar-refractivity contribution in [2.75, 3.05) is 11.9 Å². The first-order chi connectivity index (χ1) is 8.66. The highest BCUT2D eigenvalue weighted by Crippen LogP contribution is 2.18. The van der Waals surface area contributed by atoms with E-state index in [-0.39, 0.29) is 0 Å². The van der Waals surface area contributed by atoms with Crippen molar-refractivity contribution in [3.05, 3.63) is 78.0 Å². The van der Waals surface area contributed by atoms with Gasteiger partial charge in [-0.05, 0) is 36.6 Å². The van der Waals surface area contributed by atoms with E-state index in [0.717, 1.165) is 12.1 Å². The molecular weight excluding hydrogens is 218 g/mol. The molecule has 0 atom stereocenters. The molecule has 2 rings (SSSR count). The topological polar surface area (TPSA) is 3.24 Å². The molecule has 2 aromatic carbocycles. The van der Waals surface area contributed by atoms with Crippen LogP contribution < -0.4 is 4.90 Å². The Morgan fingerprint density at radius 3 is 2.06 bits per heavy atom. The predicted molar refractivity (Wildman–Crippen MR) is 78.9 cm³/mol. The Kier molecular flexibility index (Phi) is 3.83. The van der Waals surface area contributed by atoms with E-state index in [1.165, 1.54) is 16.8 Å². The summed E-state index contributed by atoms with van der Waals surface area (Å²) in [6.45, 7) is 5.96. The number of anilines is 1. The lowest BCUT2D eigenvalue weighted by molar-refractivity contribution is 1.09. The van der Waals surface area contributed by atoms with E-state index >= 15 is 0 Å². The minimum atomic E-state index is 0.984. The molecule has 0 radical (unpaired) electrons. The zero-order chi connectivity index (χ0) is 13.0. The Bertz CT molecular complexity index is 511. The second-order valence-corrected chi connectivity index (χ2v) is 4.62. The first kappa shape index (κ1) is 12.4. The Morgan fingerprint density at radius 2 is 1.50 bits per heavy atom. The first-order valence-corrected chi connectivity index (χ1v) is 6.19. The van der Waals surface area contributed by atoms with E-state index in [9.17, 15) is 0 Å². The van der Waals surface area contributed by atoms with E-state index in [1.54, 1.807) is 0 Å². The quantitative estimate of drug-likeness (QED) is 0.768. The maximum atomic E-state index is 3.95. The van der Waals surface area contributed by atoms with Crippen molar-refractivity contribution in [2.24, 2.45) is 0 Å². The lowest BCUT2D eigenvalue weighted by atomic mass is 10.0. The van der Waals surface area contributed by atoms with Gasteiger partial charge in [0.25, 0.3) is 0 Å². The van der Waals surface area contributed by atoms with Crippen LogP contribution in [0.25, 0.3) is 0 Å². The van der Waals surface area contributed by atoms with Crippen molar-refractivity contribution < 1.29 is 0 Å². The fourth-order valence-corrected chi connectivity index (χ4v) is 1.89. The average Bonchev–Trinajstić information content (AvgIpc) is 2.40. The Morgan fingerprint density at radius 1 is 0.944 bits per heavy atom. The van der Waals surface area contributed by atoms with Crippen LogP contribution >= 0.6 is 0 Å². The monoisotopic (exact) mass is 237 g/mol. The van der Waals surface area contributed by atoms with Crippen LogP contribution in [0.3, 0.4) is 0 Å². The molecule has 0 amide bonds. The van der Waals surface area contributed by atoms with Crippen molar-refractivity contribution >= 4 is 5.69 Å². The zero-order valence-electron chi connectivity index (χ0n) is 11.1. The minimum absolute atomic E-state index is 0.984. The molecule has 0 heterocycles. The van der Waals surface area contributed by atoms with Gasteiger partial charge < -0.3 is 4.90 Å². The highest BCUT2D eigenvalue weighted by Gasteiger charge is 2.01. The molecule has 0 unspecified atom stereocenters. The fourth-order valence-electron chi connectivity index (χ4n) is 1.89. The van der Waals surface area contributed by atoms with Crippen LogP contribution in [0.15, 0.2) is 66.9 Å². The molecule has 0 bridgehead atoms.